The molecular weight excluding hydrogens is 809 g/mol. The van der Waals surface area contributed by atoms with Gasteiger partial charge >= 0.3 is 0 Å². The van der Waals surface area contributed by atoms with Gasteiger partial charge in [-0.25, -0.2) is 0 Å². The van der Waals surface area contributed by atoms with Gasteiger partial charge in [0.15, 0.2) is 0 Å². The molecule has 0 saturated heterocycles. The third-order valence-corrected chi connectivity index (χ3v) is 14.6. The molecule has 312 valence electrons. The molecule has 0 heterocycles. The Morgan fingerprint density at radius 2 is 0.687 bits per heavy atom. The smallest absolute Gasteiger partial charge is 0.0731 e. The van der Waals surface area contributed by atoms with Crippen molar-refractivity contribution in [2.24, 2.45) is 0 Å². The highest BCUT2D eigenvalue weighted by Crippen LogP contribution is 2.64. The van der Waals surface area contributed by atoms with Gasteiger partial charge in [0.25, 0.3) is 0 Å². The SMILES string of the molecule is c1ccc(N(c2cccc(N(c3ccc4c(c3)-c3ccccc3C43c4ccccc4-c4ccc5ccccc5c43)c3ccc4ccccc4c3)c2)c2ccc3c(ccc4ccccc43)c2)cc1. The first-order valence-corrected chi connectivity index (χ1v) is 23.2. The lowest BCUT2D eigenvalue weighted by Crippen LogP contribution is -2.26. The van der Waals surface area contributed by atoms with Crippen LogP contribution in [0.1, 0.15) is 22.3 Å². The summed E-state index contributed by atoms with van der Waals surface area (Å²) in [6.07, 6.45) is 0. The summed E-state index contributed by atoms with van der Waals surface area (Å²) in [6, 6.07) is 94.5. The minimum atomic E-state index is -0.465. The zero-order chi connectivity index (χ0) is 44.1. The van der Waals surface area contributed by atoms with Gasteiger partial charge < -0.3 is 9.80 Å². The summed E-state index contributed by atoms with van der Waals surface area (Å²) in [5, 5.41) is 9.97. The molecule has 2 aliphatic rings. The first kappa shape index (κ1) is 37.6. The van der Waals surface area contributed by atoms with Crippen LogP contribution < -0.4 is 9.80 Å². The van der Waals surface area contributed by atoms with Crippen LogP contribution in [0, 0.1) is 0 Å². The number of para-hydroxylation sites is 1. The van der Waals surface area contributed by atoms with Crippen molar-refractivity contribution in [3.8, 4) is 22.3 Å². The van der Waals surface area contributed by atoms with E-state index < -0.39 is 5.41 Å². The maximum Gasteiger partial charge on any atom is 0.0731 e. The van der Waals surface area contributed by atoms with Gasteiger partial charge in [-0.15, -0.1) is 0 Å². The number of rotatable bonds is 6. The first-order valence-electron chi connectivity index (χ1n) is 23.2. The summed E-state index contributed by atoms with van der Waals surface area (Å²) < 4.78 is 0. The fourth-order valence-corrected chi connectivity index (χ4v) is 11.7. The Labute approximate surface area is 389 Å². The van der Waals surface area contributed by atoms with Gasteiger partial charge in [0.05, 0.1) is 5.41 Å². The van der Waals surface area contributed by atoms with E-state index in [1.54, 1.807) is 0 Å². The minimum Gasteiger partial charge on any atom is -0.310 e. The lowest BCUT2D eigenvalue weighted by molar-refractivity contribution is 0.801. The summed E-state index contributed by atoms with van der Waals surface area (Å²) in [5.74, 6) is 0. The summed E-state index contributed by atoms with van der Waals surface area (Å²) in [4.78, 5) is 4.84. The molecule has 12 aromatic rings. The predicted octanol–water partition coefficient (Wildman–Crippen LogP) is 17.6. The monoisotopic (exact) mass is 850 g/mol. The van der Waals surface area contributed by atoms with Crippen LogP contribution in [0.3, 0.4) is 0 Å². The van der Waals surface area contributed by atoms with E-state index in [4.69, 9.17) is 0 Å². The average molecular weight is 851 g/mol. The van der Waals surface area contributed by atoms with Crippen molar-refractivity contribution in [1.82, 2.24) is 0 Å². The maximum absolute atomic E-state index is 2.46. The Morgan fingerprint density at radius 1 is 0.224 bits per heavy atom. The van der Waals surface area contributed by atoms with Gasteiger partial charge in [0.1, 0.15) is 0 Å². The molecular formula is C65H42N2. The quantitative estimate of drug-likeness (QED) is 0.154. The van der Waals surface area contributed by atoms with Gasteiger partial charge in [0, 0.05) is 34.1 Å². The Kier molecular flexibility index (Phi) is 8.23. The molecule has 0 aromatic heterocycles. The van der Waals surface area contributed by atoms with Crippen LogP contribution in [0.25, 0.3) is 65.3 Å². The molecule has 2 aliphatic carbocycles. The molecule has 1 spiro atoms. The van der Waals surface area contributed by atoms with Gasteiger partial charge in [0.2, 0.25) is 0 Å². The van der Waals surface area contributed by atoms with E-state index in [0.29, 0.717) is 0 Å². The molecule has 1 unspecified atom stereocenters. The van der Waals surface area contributed by atoms with Crippen molar-refractivity contribution in [2.45, 2.75) is 5.41 Å². The summed E-state index contributed by atoms with van der Waals surface area (Å²) in [5.41, 5.74) is 16.7. The largest absolute Gasteiger partial charge is 0.310 e. The van der Waals surface area contributed by atoms with Crippen LogP contribution in [0.15, 0.2) is 255 Å². The highest BCUT2D eigenvalue weighted by Gasteiger charge is 2.52. The Balaban J connectivity index is 0.981. The van der Waals surface area contributed by atoms with Crippen molar-refractivity contribution < 1.29 is 0 Å². The molecule has 0 radical (unpaired) electrons. The van der Waals surface area contributed by atoms with E-state index in [1.807, 2.05) is 0 Å². The topological polar surface area (TPSA) is 6.48 Å². The number of benzene rings is 12. The molecule has 0 bridgehead atoms. The molecule has 14 rings (SSSR count). The second-order valence-electron chi connectivity index (χ2n) is 18.0. The van der Waals surface area contributed by atoms with Crippen LogP contribution in [0.2, 0.25) is 0 Å². The zero-order valence-electron chi connectivity index (χ0n) is 36.6. The van der Waals surface area contributed by atoms with Crippen LogP contribution in [-0.2, 0) is 5.41 Å². The van der Waals surface area contributed by atoms with E-state index >= 15 is 0 Å². The second-order valence-corrected chi connectivity index (χ2v) is 18.0. The van der Waals surface area contributed by atoms with E-state index in [0.717, 1.165) is 34.1 Å². The molecule has 0 N–H and O–H groups in total. The molecule has 0 saturated carbocycles. The van der Waals surface area contributed by atoms with E-state index in [-0.39, 0.29) is 0 Å². The van der Waals surface area contributed by atoms with Crippen molar-refractivity contribution in [3.05, 3.63) is 277 Å². The average Bonchev–Trinajstić information content (AvgIpc) is 3.86. The summed E-state index contributed by atoms with van der Waals surface area (Å²) in [6.45, 7) is 0. The highest BCUT2D eigenvalue weighted by molar-refractivity contribution is 6.09. The van der Waals surface area contributed by atoms with Gasteiger partial charge in [-0.05, 0) is 154 Å². The van der Waals surface area contributed by atoms with E-state index in [1.165, 1.54) is 87.6 Å². The zero-order valence-corrected chi connectivity index (χ0v) is 36.6. The molecule has 0 fully saturated rings. The number of hydrogen-bond acceptors (Lipinski definition) is 2. The molecule has 2 heteroatoms. The lowest BCUT2D eigenvalue weighted by atomic mass is 9.69. The summed E-state index contributed by atoms with van der Waals surface area (Å²) in [7, 11) is 0. The van der Waals surface area contributed by atoms with Crippen molar-refractivity contribution in [3.63, 3.8) is 0 Å². The lowest BCUT2D eigenvalue weighted by Gasteiger charge is -2.32. The molecule has 2 nitrogen and oxygen atoms in total. The molecule has 67 heavy (non-hydrogen) atoms. The van der Waals surface area contributed by atoms with Crippen LogP contribution >= 0.6 is 0 Å². The van der Waals surface area contributed by atoms with E-state index in [9.17, 15) is 0 Å². The fourth-order valence-electron chi connectivity index (χ4n) is 11.7. The Bertz CT molecular complexity index is 3960. The minimum absolute atomic E-state index is 0.465. The first-order chi connectivity index (χ1) is 33.2. The molecule has 0 aliphatic heterocycles. The van der Waals surface area contributed by atoms with Crippen molar-refractivity contribution in [1.29, 1.82) is 0 Å². The normalized spacial score (nSPS) is 14.3. The predicted molar refractivity (Wildman–Crippen MR) is 282 cm³/mol. The third kappa shape index (κ3) is 5.57. The van der Waals surface area contributed by atoms with Crippen LogP contribution in [0.5, 0.6) is 0 Å². The van der Waals surface area contributed by atoms with Crippen LogP contribution in [-0.4, -0.2) is 0 Å². The van der Waals surface area contributed by atoms with Crippen LogP contribution in [0.4, 0.5) is 34.1 Å². The molecule has 1 atom stereocenters. The number of hydrogen-bond donors (Lipinski definition) is 0. The Hall–Kier alpha value is -8.72. The number of anilines is 6. The van der Waals surface area contributed by atoms with Gasteiger partial charge in [-0.3, -0.25) is 0 Å². The van der Waals surface area contributed by atoms with Gasteiger partial charge in [-0.1, -0.05) is 188 Å². The van der Waals surface area contributed by atoms with Crippen molar-refractivity contribution in [2.75, 3.05) is 9.80 Å². The highest BCUT2D eigenvalue weighted by atomic mass is 15.2. The third-order valence-electron chi connectivity index (χ3n) is 14.6. The standard InChI is InChI=1S/C65H42N2/c1-2-19-48(20-3-1)66(52-34-37-55-47(40-52)30-29-44-16-6-8-23-54(44)55)49-21-14-22-50(41-49)67(51-33-31-43-15-4-5-18-46(43)39-51)53-35-38-63-60(42-53)58-26-11-13-28-62(58)65(63)61-27-12-10-25-57(61)59-36-32-45-17-7-9-24-56(45)64(59)65/h1-42H. The maximum atomic E-state index is 2.46. The summed E-state index contributed by atoms with van der Waals surface area (Å²) >= 11 is 0. The fraction of sp³-hybridized carbons (Fsp3) is 0.0154. The molecule has 0 amide bonds. The van der Waals surface area contributed by atoms with Crippen molar-refractivity contribution >= 4 is 77.2 Å². The molecule has 12 aromatic carbocycles. The van der Waals surface area contributed by atoms with Gasteiger partial charge in [-0.2, -0.15) is 0 Å². The Morgan fingerprint density at radius 3 is 1.46 bits per heavy atom. The number of nitrogens with zero attached hydrogens (tertiary/aromatic N) is 2. The second kappa shape index (κ2) is 14.7. The van der Waals surface area contributed by atoms with E-state index in [2.05, 4.69) is 265 Å². The number of fused-ring (bicyclic) bond motifs is 16.